The van der Waals surface area contributed by atoms with E-state index in [9.17, 15) is 0 Å². The van der Waals surface area contributed by atoms with Crippen LogP contribution in [-0.4, -0.2) is 15.2 Å². The minimum absolute atomic E-state index is 0.0252. The van der Waals surface area contributed by atoms with E-state index < -0.39 is 0 Å². The van der Waals surface area contributed by atoms with Gasteiger partial charge in [0.1, 0.15) is 5.01 Å². The summed E-state index contributed by atoms with van der Waals surface area (Å²) >= 11 is 3.15. The van der Waals surface area contributed by atoms with E-state index in [4.69, 9.17) is 5.73 Å². The average Bonchev–Trinajstić information content (AvgIpc) is 2.65. The first kappa shape index (κ1) is 11.5. The molecule has 0 aliphatic carbocycles. The summed E-state index contributed by atoms with van der Waals surface area (Å²) in [5, 5.41) is 8.99. The molecular formula is C10H12N4S2. The molecule has 0 aliphatic heterocycles. The summed E-state index contributed by atoms with van der Waals surface area (Å²) in [6.45, 7) is 3.86. The fourth-order valence-electron chi connectivity index (χ4n) is 1.14. The number of aromatic nitrogens is 3. The van der Waals surface area contributed by atoms with Crippen LogP contribution in [0.2, 0.25) is 0 Å². The van der Waals surface area contributed by atoms with E-state index in [0.29, 0.717) is 0 Å². The number of nitrogens with zero attached hydrogens (tertiary/aromatic N) is 3. The van der Waals surface area contributed by atoms with Gasteiger partial charge in [0.2, 0.25) is 0 Å². The molecule has 1 atom stereocenters. The number of hydrogen-bond acceptors (Lipinski definition) is 6. The molecule has 0 amide bonds. The van der Waals surface area contributed by atoms with Crippen LogP contribution in [-0.2, 0) is 0 Å². The monoisotopic (exact) mass is 252 g/mol. The van der Waals surface area contributed by atoms with Crippen molar-refractivity contribution < 1.29 is 0 Å². The van der Waals surface area contributed by atoms with Gasteiger partial charge in [0.15, 0.2) is 4.34 Å². The van der Waals surface area contributed by atoms with Crippen LogP contribution in [0.3, 0.4) is 0 Å². The van der Waals surface area contributed by atoms with Gasteiger partial charge in [-0.25, -0.2) is 0 Å². The van der Waals surface area contributed by atoms with Crippen LogP contribution in [0.25, 0.3) is 0 Å². The van der Waals surface area contributed by atoms with Crippen LogP contribution in [0.15, 0.2) is 27.6 Å². The molecule has 2 heterocycles. The Morgan fingerprint density at radius 2 is 2.19 bits per heavy atom. The van der Waals surface area contributed by atoms with Gasteiger partial charge in [-0.15, -0.1) is 10.2 Å². The molecule has 0 aliphatic rings. The summed E-state index contributed by atoms with van der Waals surface area (Å²) in [5.41, 5.74) is 6.63. The number of aryl methyl sites for hydroxylation is 1. The zero-order valence-corrected chi connectivity index (χ0v) is 10.7. The third kappa shape index (κ3) is 2.78. The Balaban J connectivity index is 2.11. The lowest BCUT2D eigenvalue weighted by Gasteiger charge is -2.04. The van der Waals surface area contributed by atoms with E-state index in [-0.39, 0.29) is 6.04 Å². The minimum atomic E-state index is -0.0252. The summed E-state index contributed by atoms with van der Waals surface area (Å²) < 4.78 is 0.938. The highest BCUT2D eigenvalue weighted by molar-refractivity contribution is 8.01. The molecule has 0 aromatic carbocycles. The molecule has 2 rings (SSSR count). The van der Waals surface area contributed by atoms with E-state index in [0.717, 1.165) is 19.9 Å². The van der Waals surface area contributed by atoms with E-state index in [1.165, 1.54) is 0 Å². The summed E-state index contributed by atoms with van der Waals surface area (Å²) in [6, 6.07) is 3.93. The second-order valence-electron chi connectivity index (χ2n) is 3.40. The molecule has 0 saturated heterocycles. The Morgan fingerprint density at radius 1 is 1.38 bits per heavy atom. The van der Waals surface area contributed by atoms with Gasteiger partial charge in [-0.1, -0.05) is 23.1 Å². The van der Waals surface area contributed by atoms with Crippen molar-refractivity contribution >= 4 is 23.1 Å². The summed E-state index contributed by atoms with van der Waals surface area (Å²) in [6.07, 6.45) is 1.82. The molecule has 0 fully saturated rings. The Kier molecular flexibility index (Phi) is 3.52. The smallest absolute Gasteiger partial charge is 0.179 e. The molecule has 6 heteroatoms. The van der Waals surface area contributed by atoms with Gasteiger partial charge in [0, 0.05) is 17.1 Å². The topological polar surface area (TPSA) is 64.7 Å². The van der Waals surface area contributed by atoms with Crippen molar-refractivity contribution in [2.24, 2.45) is 5.73 Å². The van der Waals surface area contributed by atoms with Gasteiger partial charge < -0.3 is 5.73 Å². The molecule has 0 bridgehead atoms. The molecule has 2 aromatic rings. The van der Waals surface area contributed by atoms with Crippen molar-refractivity contribution in [2.45, 2.75) is 29.1 Å². The third-order valence-corrected chi connectivity index (χ3v) is 3.81. The van der Waals surface area contributed by atoms with Gasteiger partial charge in [0.25, 0.3) is 0 Å². The molecule has 0 saturated carbocycles. The quantitative estimate of drug-likeness (QED) is 0.908. The zero-order valence-electron chi connectivity index (χ0n) is 9.04. The van der Waals surface area contributed by atoms with E-state index in [1.807, 2.05) is 32.2 Å². The molecule has 16 heavy (non-hydrogen) atoms. The van der Waals surface area contributed by atoms with Crippen molar-refractivity contribution in [1.29, 1.82) is 0 Å². The van der Waals surface area contributed by atoms with Crippen LogP contribution in [0, 0.1) is 6.92 Å². The molecule has 0 radical (unpaired) electrons. The van der Waals surface area contributed by atoms with Gasteiger partial charge in [-0.2, -0.15) is 0 Å². The maximum Gasteiger partial charge on any atom is 0.179 e. The zero-order chi connectivity index (χ0) is 11.5. The molecule has 0 unspecified atom stereocenters. The molecule has 2 N–H and O–H groups in total. The lowest BCUT2D eigenvalue weighted by atomic mass is 10.2. The second-order valence-corrected chi connectivity index (χ2v) is 5.90. The molecule has 0 spiro atoms. The first-order valence-electron chi connectivity index (χ1n) is 4.84. The van der Waals surface area contributed by atoms with Crippen molar-refractivity contribution in [3.8, 4) is 0 Å². The normalized spacial score (nSPS) is 12.7. The standard InChI is InChI=1S/C10H12N4S2/c1-6(11)9-4-3-8(5-12-9)16-10-14-13-7(2)15-10/h3-6H,11H2,1-2H3/t6-/m1/s1. The van der Waals surface area contributed by atoms with Crippen LogP contribution >= 0.6 is 23.1 Å². The summed E-state index contributed by atoms with van der Waals surface area (Å²) in [4.78, 5) is 5.35. The maximum atomic E-state index is 5.73. The van der Waals surface area contributed by atoms with Crippen LogP contribution < -0.4 is 5.73 Å². The maximum absolute atomic E-state index is 5.73. The number of rotatable bonds is 3. The molecule has 4 nitrogen and oxygen atoms in total. The Morgan fingerprint density at radius 3 is 2.69 bits per heavy atom. The van der Waals surface area contributed by atoms with Crippen molar-refractivity contribution in [1.82, 2.24) is 15.2 Å². The Hall–Kier alpha value is -0.980. The predicted octanol–water partition coefficient (Wildman–Crippen LogP) is 2.41. The van der Waals surface area contributed by atoms with Gasteiger partial charge in [-0.3, -0.25) is 4.98 Å². The van der Waals surface area contributed by atoms with E-state index in [2.05, 4.69) is 15.2 Å². The fraction of sp³-hybridized carbons (Fsp3) is 0.300. The first-order valence-corrected chi connectivity index (χ1v) is 6.48. The SMILES string of the molecule is Cc1nnc(Sc2ccc([C@@H](C)N)nc2)s1. The summed E-state index contributed by atoms with van der Waals surface area (Å²) in [5.74, 6) is 0. The first-order chi connectivity index (χ1) is 7.65. The predicted molar refractivity (Wildman–Crippen MR) is 65.6 cm³/mol. The second kappa shape index (κ2) is 4.90. The van der Waals surface area contributed by atoms with E-state index in [1.54, 1.807) is 23.1 Å². The Labute approximate surface area is 102 Å². The van der Waals surface area contributed by atoms with Crippen molar-refractivity contribution in [3.63, 3.8) is 0 Å². The van der Waals surface area contributed by atoms with Crippen molar-refractivity contribution in [3.05, 3.63) is 29.0 Å². The van der Waals surface area contributed by atoms with Crippen LogP contribution in [0.5, 0.6) is 0 Å². The van der Waals surface area contributed by atoms with Crippen LogP contribution in [0.4, 0.5) is 0 Å². The Bertz CT molecular complexity index is 464. The highest BCUT2D eigenvalue weighted by Gasteiger charge is 2.05. The number of nitrogens with two attached hydrogens (primary N) is 1. The molecule has 84 valence electrons. The number of hydrogen-bond donors (Lipinski definition) is 1. The van der Waals surface area contributed by atoms with Gasteiger partial charge in [0.05, 0.1) is 5.69 Å². The third-order valence-electron chi connectivity index (χ3n) is 1.94. The number of pyridine rings is 1. The van der Waals surface area contributed by atoms with Gasteiger partial charge >= 0.3 is 0 Å². The lowest BCUT2D eigenvalue weighted by Crippen LogP contribution is -2.06. The minimum Gasteiger partial charge on any atom is -0.323 e. The lowest BCUT2D eigenvalue weighted by molar-refractivity contribution is 0.777. The largest absolute Gasteiger partial charge is 0.323 e. The highest BCUT2D eigenvalue weighted by Crippen LogP contribution is 2.29. The van der Waals surface area contributed by atoms with E-state index >= 15 is 0 Å². The highest BCUT2D eigenvalue weighted by atomic mass is 32.2. The molecule has 2 aromatic heterocycles. The summed E-state index contributed by atoms with van der Waals surface area (Å²) in [7, 11) is 0. The van der Waals surface area contributed by atoms with Crippen molar-refractivity contribution in [2.75, 3.05) is 0 Å². The van der Waals surface area contributed by atoms with Gasteiger partial charge in [-0.05, 0) is 26.0 Å². The molecular weight excluding hydrogens is 240 g/mol. The fourth-order valence-corrected chi connectivity index (χ4v) is 2.90. The average molecular weight is 252 g/mol. The van der Waals surface area contributed by atoms with Crippen LogP contribution in [0.1, 0.15) is 23.7 Å².